The Bertz CT molecular complexity index is 1200. The van der Waals surface area contributed by atoms with E-state index in [1.54, 1.807) is 6.92 Å². The Morgan fingerprint density at radius 2 is 1.59 bits per heavy atom. The number of hydrogen-bond donors (Lipinski definition) is 5. The quantitative estimate of drug-likeness (QED) is 0.189. The third-order valence-corrected chi connectivity index (χ3v) is 6.75. The number of aliphatic carboxylic acids is 3. The first kappa shape index (κ1) is 40.2. The van der Waals surface area contributed by atoms with Crippen molar-refractivity contribution in [3.8, 4) is 0 Å². The molecule has 250 valence electrons. The molecule has 3 atom stereocenters. The van der Waals surface area contributed by atoms with Crippen molar-refractivity contribution in [1.82, 2.24) is 10.2 Å². The molecule has 1 saturated heterocycles. The normalized spacial score (nSPS) is 15.9. The summed E-state index contributed by atoms with van der Waals surface area (Å²) in [5, 5.41) is 33.1. The molecule has 18 heteroatoms. The Balaban J connectivity index is 0.00000118. The van der Waals surface area contributed by atoms with Gasteiger partial charge in [0.1, 0.15) is 12.1 Å². The fourth-order valence-corrected chi connectivity index (χ4v) is 3.74. The van der Waals surface area contributed by atoms with Crippen molar-refractivity contribution < 1.29 is 65.6 Å². The van der Waals surface area contributed by atoms with E-state index in [1.807, 2.05) is 30.3 Å². The minimum absolute atomic E-state index is 0.0208. The van der Waals surface area contributed by atoms with Crippen LogP contribution in [0, 0.1) is 0 Å². The summed E-state index contributed by atoms with van der Waals surface area (Å²) in [5.41, 5.74) is 1.01. The van der Waals surface area contributed by atoms with Crippen molar-refractivity contribution in [3.05, 3.63) is 35.9 Å². The zero-order valence-electron chi connectivity index (χ0n) is 24.2. The summed E-state index contributed by atoms with van der Waals surface area (Å²) in [6.07, 6.45) is -3.62. The first-order valence-corrected chi connectivity index (χ1v) is 15.1. The highest BCUT2D eigenvalue weighted by Gasteiger charge is 2.39. The lowest BCUT2D eigenvalue weighted by Crippen LogP contribution is -2.54. The average Bonchev–Trinajstić information content (AvgIpc) is 3.43. The summed E-state index contributed by atoms with van der Waals surface area (Å²) in [5.74, 6) is -5.93. The number of rotatable bonds is 13. The largest absolute Gasteiger partial charge is 0.490 e. The van der Waals surface area contributed by atoms with Crippen LogP contribution in [0.4, 0.5) is 13.2 Å². The fraction of sp³-hybridized carbons (Fsp3) is 0.577. The van der Waals surface area contributed by atoms with Gasteiger partial charge in [-0.15, -0.1) is 0 Å². The molecule has 44 heavy (non-hydrogen) atoms. The predicted molar refractivity (Wildman–Crippen MR) is 149 cm³/mol. The van der Waals surface area contributed by atoms with Crippen molar-refractivity contribution in [2.75, 3.05) is 18.9 Å². The van der Waals surface area contributed by atoms with E-state index < -0.39 is 64.1 Å². The van der Waals surface area contributed by atoms with Crippen molar-refractivity contribution in [2.45, 2.75) is 76.7 Å². The molecule has 1 unspecified atom stereocenters. The van der Waals surface area contributed by atoms with Gasteiger partial charge in [-0.25, -0.2) is 23.1 Å². The van der Waals surface area contributed by atoms with E-state index in [4.69, 9.17) is 19.7 Å². The number of carboxylic acids is 3. The Labute approximate surface area is 252 Å². The molecular formula is C26H38F3N3O11S. The molecule has 0 radical (unpaired) electrons. The van der Waals surface area contributed by atoms with Gasteiger partial charge in [-0.1, -0.05) is 30.3 Å². The van der Waals surface area contributed by atoms with Crippen LogP contribution in [0.1, 0.15) is 51.5 Å². The molecule has 1 heterocycles. The molecule has 14 nitrogen and oxygen atoms in total. The van der Waals surface area contributed by atoms with Gasteiger partial charge in [0.25, 0.3) is 0 Å². The van der Waals surface area contributed by atoms with Crippen LogP contribution in [0.3, 0.4) is 0 Å². The second-order valence-electron chi connectivity index (χ2n) is 9.26. The highest BCUT2D eigenvalue weighted by atomic mass is 32.2. The first-order valence-electron chi connectivity index (χ1n) is 13.4. The number of aryl methyl sites for hydroxylation is 1. The number of nitrogens with one attached hydrogen (secondary N) is 1. The van der Waals surface area contributed by atoms with E-state index in [1.165, 1.54) is 11.8 Å². The van der Waals surface area contributed by atoms with Crippen LogP contribution in [0.15, 0.2) is 30.3 Å². The third kappa shape index (κ3) is 16.8. The molecule has 6 N–H and O–H groups in total. The van der Waals surface area contributed by atoms with Crippen LogP contribution in [-0.4, -0.2) is 102 Å². The molecule has 0 aromatic heterocycles. The van der Waals surface area contributed by atoms with Crippen molar-refractivity contribution in [2.24, 2.45) is 5.14 Å². The Morgan fingerprint density at radius 1 is 1.05 bits per heavy atom. The van der Waals surface area contributed by atoms with Gasteiger partial charge < -0.3 is 25.0 Å². The van der Waals surface area contributed by atoms with Crippen LogP contribution < -0.4 is 10.5 Å². The molecule has 1 aliphatic heterocycles. The number of esters is 1. The number of carboxylic acid groups (broad SMARTS) is 3. The number of halogens is 3. The third-order valence-electron chi connectivity index (χ3n) is 5.95. The lowest BCUT2D eigenvalue weighted by atomic mass is 10.0. The van der Waals surface area contributed by atoms with Crippen LogP contribution in [-0.2, 0) is 45.2 Å². The van der Waals surface area contributed by atoms with Gasteiger partial charge in [0.2, 0.25) is 15.9 Å². The lowest BCUT2D eigenvalue weighted by Gasteiger charge is -2.29. The molecule has 1 aromatic carbocycles. The van der Waals surface area contributed by atoms with Crippen LogP contribution in [0.25, 0.3) is 0 Å². The molecule has 0 saturated carbocycles. The number of alkyl halides is 3. The van der Waals surface area contributed by atoms with Gasteiger partial charge in [-0.3, -0.25) is 19.7 Å². The zero-order valence-corrected chi connectivity index (χ0v) is 25.0. The second kappa shape index (κ2) is 19.5. The maximum absolute atomic E-state index is 13.1. The number of nitrogens with two attached hydrogens (primary N) is 1. The van der Waals surface area contributed by atoms with E-state index in [0.29, 0.717) is 25.7 Å². The number of carbonyl (C=O) groups excluding carboxylic acids is 2. The number of nitrogens with zero attached hydrogens (tertiary/aromatic N) is 1. The minimum atomic E-state index is -5.08. The van der Waals surface area contributed by atoms with Gasteiger partial charge in [0.05, 0.1) is 18.4 Å². The Kier molecular flexibility index (Phi) is 17.8. The first-order chi connectivity index (χ1) is 20.3. The molecule has 1 aromatic rings. The second-order valence-corrected chi connectivity index (χ2v) is 11.2. The summed E-state index contributed by atoms with van der Waals surface area (Å²) in [4.78, 5) is 58.4. The molecule has 1 amide bonds. The van der Waals surface area contributed by atoms with E-state index in [9.17, 15) is 45.9 Å². The number of amides is 1. The van der Waals surface area contributed by atoms with Crippen molar-refractivity contribution >= 4 is 39.8 Å². The van der Waals surface area contributed by atoms with Crippen molar-refractivity contribution in [1.29, 1.82) is 0 Å². The highest BCUT2D eigenvalue weighted by molar-refractivity contribution is 7.89. The predicted octanol–water partition coefficient (Wildman–Crippen LogP) is 1.38. The summed E-state index contributed by atoms with van der Waals surface area (Å²) >= 11 is 0. The van der Waals surface area contributed by atoms with E-state index in [2.05, 4.69) is 10.5 Å². The number of ether oxygens (including phenoxy) is 1. The smallest absolute Gasteiger partial charge is 0.481 e. The maximum atomic E-state index is 13.1. The van der Waals surface area contributed by atoms with Crippen LogP contribution >= 0.6 is 0 Å². The topological polar surface area (TPSA) is 231 Å². The fourth-order valence-electron chi connectivity index (χ4n) is 3.74. The average molecular weight is 658 g/mol. The minimum Gasteiger partial charge on any atom is -0.481 e. The molecule has 1 aliphatic rings. The van der Waals surface area contributed by atoms with E-state index >= 15 is 0 Å². The molecule has 0 aliphatic carbocycles. The summed E-state index contributed by atoms with van der Waals surface area (Å²) in [6.45, 7) is 3.63. The van der Waals surface area contributed by atoms with Gasteiger partial charge in [-0.05, 0) is 51.5 Å². The number of primary sulfonamides is 1. The van der Waals surface area contributed by atoms with Crippen LogP contribution in [0.5, 0.6) is 0 Å². The highest BCUT2D eigenvalue weighted by Crippen LogP contribution is 2.20. The number of likely N-dealkylation sites (tertiary alicyclic amines) is 1. The number of carbonyl (C=O) groups is 5. The molecule has 0 bridgehead atoms. The van der Waals surface area contributed by atoms with Gasteiger partial charge in [-0.2, -0.15) is 13.2 Å². The Hall–Kier alpha value is -3.77. The monoisotopic (exact) mass is 657 g/mol. The van der Waals surface area contributed by atoms with Gasteiger partial charge in [0, 0.05) is 13.0 Å². The Morgan fingerprint density at radius 3 is 2.02 bits per heavy atom. The van der Waals surface area contributed by atoms with Gasteiger partial charge in [0.15, 0.2) is 0 Å². The standard InChI is InChI=1S/C22H30N2O7.C2HF3O2.C2H7NO2S/c1-2-31-22(30)17(11-10-15-7-4-3-5-8-15)23-16(12-13-19(25)26)20(27)24-14-6-9-18(24)21(28)29;3-2(4,5)1(6)7;1-2-6(3,4)5/h3-5,7-8,16-18,23H,2,6,9-14H2,1H3,(H,25,26)(H,28,29);(H,6,7);2H2,1H3,(H2,3,4,5)/t16-,17?,18-;;/m0../s1. The molecule has 0 spiro atoms. The van der Waals surface area contributed by atoms with E-state index in [0.717, 1.165) is 5.56 Å². The van der Waals surface area contributed by atoms with Gasteiger partial charge >= 0.3 is 30.1 Å². The molecule has 1 fully saturated rings. The number of benzene rings is 1. The number of hydrogen-bond acceptors (Lipinski definition) is 9. The van der Waals surface area contributed by atoms with Crippen molar-refractivity contribution in [3.63, 3.8) is 0 Å². The van der Waals surface area contributed by atoms with E-state index in [-0.39, 0.29) is 31.7 Å². The summed E-state index contributed by atoms with van der Waals surface area (Å²) in [7, 11) is -3.16. The summed E-state index contributed by atoms with van der Waals surface area (Å²) < 4.78 is 56.4. The molecule has 2 rings (SSSR count). The zero-order chi connectivity index (χ0) is 34.1. The van der Waals surface area contributed by atoms with Crippen LogP contribution in [0.2, 0.25) is 0 Å². The SMILES string of the molecule is CCOC(=O)C(CCc1ccccc1)N[C@@H](CCC(=O)O)C(=O)N1CCC[C@H]1C(=O)O.CCS(N)(=O)=O.O=C(O)C(F)(F)F. The maximum Gasteiger partial charge on any atom is 0.490 e. The number of sulfonamides is 1. The lowest BCUT2D eigenvalue weighted by molar-refractivity contribution is -0.192. The molecular weight excluding hydrogens is 619 g/mol. The summed E-state index contributed by atoms with van der Waals surface area (Å²) in [6, 6.07) is 6.76.